The number of halogens is 1. The molecular weight excluding hydrogens is 307 g/mol. The van der Waals surface area contributed by atoms with Gasteiger partial charge in [-0.05, 0) is 31.2 Å². The van der Waals surface area contributed by atoms with E-state index < -0.39 is 5.82 Å². The number of benzene rings is 1. The van der Waals surface area contributed by atoms with E-state index in [0.717, 1.165) is 0 Å². The number of ketones is 1. The van der Waals surface area contributed by atoms with Crippen molar-refractivity contribution >= 4 is 16.7 Å². The van der Waals surface area contributed by atoms with Gasteiger partial charge in [0, 0.05) is 30.0 Å². The zero-order chi connectivity index (χ0) is 17.1. The molecule has 1 unspecified atom stereocenters. The van der Waals surface area contributed by atoms with Crippen LogP contribution >= 0.6 is 0 Å². The lowest BCUT2D eigenvalue weighted by molar-refractivity contribution is -0.120. The van der Waals surface area contributed by atoms with Crippen LogP contribution in [0.1, 0.15) is 19.5 Å². The molecule has 2 heterocycles. The number of carbonyl (C=O) groups excluding carboxylic acids is 1. The van der Waals surface area contributed by atoms with Crippen LogP contribution in [0, 0.1) is 11.7 Å². The molecule has 0 aliphatic heterocycles. The second kappa shape index (κ2) is 6.74. The van der Waals surface area contributed by atoms with E-state index in [4.69, 9.17) is 4.74 Å². The number of Topliss-reactive ketones (excluding diaryl/α,β-unsaturated/α-hetero) is 1. The third-order valence-electron chi connectivity index (χ3n) is 3.90. The summed E-state index contributed by atoms with van der Waals surface area (Å²) in [5.41, 5.74) is 0.938. The van der Waals surface area contributed by atoms with Crippen molar-refractivity contribution in [3.05, 3.63) is 60.2 Å². The molecule has 0 saturated heterocycles. The van der Waals surface area contributed by atoms with Gasteiger partial charge in [0.25, 0.3) is 0 Å². The first-order valence-electron chi connectivity index (χ1n) is 7.72. The summed E-state index contributed by atoms with van der Waals surface area (Å²) in [6, 6.07) is 11.8. The molecule has 5 heteroatoms. The molecule has 4 nitrogen and oxygen atoms in total. The molecule has 0 spiro atoms. The fourth-order valence-electron chi connectivity index (χ4n) is 2.37. The molecule has 0 saturated carbocycles. The maximum atomic E-state index is 13.9. The average Bonchev–Trinajstić information content (AvgIpc) is 2.57. The van der Waals surface area contributed by atoms with Crippen LogP contribution in [0.15, 0.2) is 48.7 Å². The van der Waals surface area contributed by atoms with Gasteiger partial charge >= 0.3 is 0 Å². The fourth-order valence-corrected chi connectivity index (χ4v) is 2.37. The first kappa shape index (κ1) is 16.1. The topological polar surface area (TPSA) is 52.1 Å². The molecule has 3 aromatic rings. The summed E-state index contributed by atoms with van der Waals surface area (Å²) in [5.74, 6) is 0.363. The minimum absolute atomic E-state index is 0.0949. The Morgan fingerprint density at radius 1 is 1.21 bits per heavy atom. The van der Waals surface area contributed by atoms with Crippen LogP contribution in [0.4, 0.5) is 4.39 Å². The SMILES string of the molecule is CC(=O)C(C)Cc1ncccc1Oc1ccc2cccc(F)c2n1. The second-order valence-electron chi connectivity index (χ2n) is 5.73. The van der Waals surface area contributed by atoms with Crippen LogP contribution < -0.4 is 4.74 Å². The lowest BCUT2D eigenvalue weighted by Gasteiger charge is -2.12. The Kier molecular flexibility index (Phi) is 4.51. The normalized spacial score (nSPS) is 12.1. The molecule has 24 heavy (non-hydrogen) atoms. The lowest BCUT2D eigenvalue weighted by atomic mass is 10.0. The largest absolute Gasteiger partial charge is 0.437 e. The average molecular weight is 324 g/mol. The van der Waals surface area contributed by atoms with Crippen LogP contribution in [-0.4, -0.2) is 15.8 Å². The summed E-state index contributed by atoms with van der Waals surface area (Å²) in [6.07, 6.45) is 2.13. The molecule has 0 radical (unpaired) electrons. The fraction of sp³-hybridized carbons (Fsp3) is 0.211. The van der Waals surface area contributed by atoms with E-state index in [0.29, 0.717) is 23.3 Å². The number of hydrogen-bond acceptors (Lipinski definition) is 4. The molecule has 0 N–H and O–H groups in total. The summed E-state index contributed by atoms with van der Waals surface area (Å²) >= 11 is 0. The summed E-state index contributed by atoms with van der Waals surface area (Å²) in [6.45, 7) is 3.41. The number of carbonyl (C=O) groups is 1. The molecule has 122 valence electrons. The molecule has 0 aliphatic carbocycles. The van der Waals surface area contributed by atoms with Gasteiger partial charge in [0.1, 0.15) is 17.1 Å². The van der Waals surface area contributed by atoms with Crippen molar-refractivity contribution in [2.45, 2.75) is 20.3 Å². The van der Waals surface area contributed by atoms with E-state index in [1.54, 1.807) is 49.5 Å². The van der Waals surface area contributed by atoms with Gasteiger partial charge in [0.15, 0.2) is 5.75 Å². The summed E-state index contributed by atoms with van der Waals surface area (Å²) in [5, 5.41) is 0.707. The van der Waals surface area contributed by atoms with Crippen LogP contribution in [0.5, 0.6) is 11.6 Å². The number of pyridine rings is 2. The highest BCUT2D eigenvalue weighted by Gasteiger charge is 2.14. The van der Waals surface area contributed by atoms with E-state index >= 15 is 0 Å². The monoisotopic (exact) mass is 324 g/mol. The highest BCUT2D eigenvalue weighted by molar-refractivity contribution is 5.79. The maximum absolute atomic E-state index is 13.9. The molecular formula is C19H17FN2O2. The van der Waals surface area contributed by atoms with Crippen LogP contribution in [0.3, 0.4) is 0 Å². The van der Waals surface area contributed by atoms with Crippen molar-refractivity contribution in [1.29, 1.82) is 0 Å². The predicted molar refractivity (Wildman–Crippen MR) is 89.6 cm³/mol. The van der Waals surface area contributed by atoms with Crippen LogP contribution in [-0.2, 0) is 11.2 Å². The Morgan fingerprint density at radius 3 is 2.83 bits per heavy atom. The van der Waals surface area contributed by atoms with E-state index in [9.17, 15) is 9.18 Å². The third-order valence-corrected chi connectivity index (χ3v) is 3.90. The quantitative estimate of drug-likeness (QED) is 0.701. The zero-order valence-corrected chi connectivity index (χ0v) is 13.5. The summed E-state index contributed by atoms with van der Waals surface area (Å²) in [4.78, 5) is 20.0. The zero-order valence-electron chi connectivity index (χ0n) is 13.5. The number of aromatic nitrogens is 2. The molecule has 1 aromatic carbocycles. The van der Waals surface area contributed by atoms with Gasteiger partial charge in [-0.1, -0.05) is 19.1 Å². The molecule has 0 aliphatic rings. The number of para-hydroxylation sites is 1. The Bertz CT molecular complexity index is 895. The van der Waals surface area contributed by atoms with Gasteiger partial charge in [-0.3, -0.25) is 9.78 Å². The first-order valence-corrected chi connectivity index (χ1v) is 7.72. The van der Waals surface area contributed by atoms with Crippen LogP contribution in [0.2, 0.25) is 0 Å². The maximum Gasteiger partial charge on any atom is 0.219 e. The number of nitrogens with zero attached hydrogens (tertiary/aromatic N) is 2. The number of rotatable bonds is 5. The van der Waals surface area contributed by atoms with Gasteiger partial charge in [-0.2, -0.15) is 0 Å². The van der Waals surface area contributed by atoms with E-state index in [2.05, 4.69) is 9.97 Å². The number of ether oxygens (including phenoxy) is 1. The smallest absolute Gasteiger partial charge is 0.219 e. The number of hydrogen-bond donors (Lipinski definition) is 0. The number of fused-ring (bicyclic) bond motifs is 1. The Balaban J connectivity index is 1.91. The predicted octanol–water partition coefficient (Wildman–Crippen LogP) is 4.33. The van der Waals surface area contributed by atoms with E-state index in [1.165, 1.54) is 6.07 Å². The minimum atomic E-state index is -0.394. The highest BCUT2D eigenvalue weighted by atomic mass is 19.1. The van der Waals surface area contributed by atoms with Crippen molar-refractivity contribution in [3.63, 3.8) is 0 Å². The molecule has 1 atom stereocenters. The first-order chi connectivity index (χ1) is 11.5. The minimum Gasteiger partial charge on any atom is -0.437 e. The van der Waals surface area contributed by atoms with Gasteiger partial charge in [0.2, 0.25) is 5.88 Å². The Morgan fingerprint density at radius 2 is 2.04 bits per heavy atom. The molecule has 2 aromatic heterocycles. The Labute approximate surface area is 139 Å². The molecule has 0 bridgehead atoms. The van der Waals surface area contributed by atoms with Crippen molar-refractivity contribution in [3.8, 4) is 11.6 Å². The van der Waals surface area contributed by atoms with Gasteiger partial charge in [-0.25, -0.2) is 9.37 Å². The Hall–Kier alpha value is -2.82. The van der Waals surface area contributed by atoms with Gasteiger partial charge in [-0.15, -0.1) is 0 Å². The second-order valence-corrected chi connectivity index (χ2v) is 5.73. The van der Waals surface area contributed by atoms with Crippen molar-refractivity contribution < 1.29 is 13.9 Å². The standard InChI is InChI=1S/C19H17FN2O2/c1-12(13(2)23)11-16-17(7-4-10-21-16)24-18-9-8-14-5-3-6-15(20)19(14)22-18/h3-10,12H,11H2,1-2H3. The van der Waals surface area contributed by atoms with E-state index in [-0.39, 0.29) is 23.1 Å². The van der Waals surface area contributed by atoms with Crippen molar-refractivity contribution in [2.24, 2.45) is 5.92 Å². The molecule has 3 rings (SSSR count). The highest BCUT2D eigenvalue weighted by Crippen LogP contribution is 2.26. The molecule has 0 amide bonds. The lowest BCUT2D eigenvalue weighted by Crippen LogP contribution is -2.11. The van der Waals surface area contributed by atoms with Gasteiger partial charge in [0.05, 0.1) is 5.69 Å². The third kappa shape index (κ3) is 3.40. The summed E-state index contributed by atoms with van der Waals surface area (Å²) in [7, 11) is 0. The van der Waals surface area contributed by atoms with Gasteiger partial charge < -0.3 is 4.74 Å². The van der Waals surface area contributed by atoms with Crippen molar-refractivity contribution in [2.75, 3.05) is 0 Å². The molecule has 0 fully saturated rings. The summed E-state index contributed by atoms with van der Waals surface area (Å²) < 4.78 is 19.7. The van der Waals surface area contributed by atoms with Crippen molar-refractivity contribution in [1.82, 2.24) is 9.97 Å². The van der Waals surface area contributed by atoms with Crippen LogP contribution in [0.25, 0.3) is 10.9 Å². The van der Waals surface area contributed by atoms with E-state index in [1.807, 2.05) is 6.92 Å².